The van der Waals surface area contributed by atoms with Crippen LogP contribution in [-0.4, -0.2) is 67.7 Å². The van der Waals surface area contributed by atoms with Crippen molar-refractivity contribution >= 4 is 23.5 Å². The lowest BCUT2D eigenvalue weighted by Gasteiger charge is -2.33. The van der Waals surface area contributed by atoms with Crippen LogP contribution in [0.2, 0.25) is 0 Å². The van der Waals surface area contributed by atoms with Crippen LogP contribution in [0.15, 0.2) is 10.9 Å². The molecule has 10 heteroatoms. The summed E-state index contributed by atoms with van der Waals surface area (Å²) in [5.74, 6) is -0.967. The Hall–Kier alpha value is -3.14. The van der Waals surface area contributed by atoms with Crippen molar-refractivity contribution in [2.75, 3.05) is 19.6 Å². The lowest BCUT2D eigenvalue weighted by atomic mass is 10.1. The summed E-state index contributed by atoms with van der Waals surface area (Å²) in [4.78, 5) is 40.5. The molecule has 3 N–H and O–H groups in total. The summed E-state index contributed by atoms with van der Waals surface area (Å²) in [6.07, 6.45) is 4.87. The second-order valence-electron chi connectivity index (χ2n) is 9.41. The maximum absolute atomic E-state index is 13.2. The molecule has 0 unspecified atom stereocenters. The van der Waals surface area contributed by atoms with Crippen LogP contribution < -0.4 is 16.2 Å². The average Bonchev–Trinajstić information content (AvgIpc) is 3.50. The first-order valence-electron chi connectivity index (χ1n) is 11.5. The summed E-state index contributed by atoms with van der Waals surface area (Å²) >= 11 is 0. The summed E-state index contributed by atoms with van der Waals surface area (Å²) in [6.45, 7) is 10.2. The number of rotatable bonds is 6. The minimum absolute atomic E-state index is 0.0433. The van der Waals surface area contributed by atoms with Gasteiger partial charge in [-0.1, -0.05) is 13.8 Å². The van der Waals surface area contributed by atoms with Crippen LogP contribution in [0.3, 0.4) is 0 Å². The highest BCUT2D eigenvalue weighted by Crippen LogP contribution is 2.26. The maximum Gasteiger partial charge on any atom is 0.291 e. The van der Waals surface area contributed by atoms with Crippen LogP contribution in [0.4, 0.5) is 0 Å². The predicted octanol–water partition coefficient (Wildman–Crippen LogP) is 0.892. The van der Waals surface area contributed by atoms with Crippen LogP contribution in [-0.2, 0) is 11.3 Å². The summed E-state index contributed by atoms with van der Waals surface area (Å²) in [5, 5.41) is 21.4. The first kappa shape index (κ1) is 23.0. The zero-order valence-corrected chi connectivity index (χ0v) is 19.6. The van der Waals surface area contributed by atoms with E-state index >= 15 is 0 Å². The van der Waals surface area contributed by atoms with Crippen LogP contribution in [0.1, 0.15) is 55.2 Å². The third-order valence-electron chi connectivity index (χ3n) is 6.09. The van der Waals surface area contributed by atoms with Gasteiger partial charge < -0.3 is 20.6 Å². The van der Waals surface area contributed by atoms with Crippen molar-refractivity contribution in [3.05, 3.63) is 33.3 Å². The molecule has 3 heterocycles. The van der Waals surface area contributed by atoms with Gasteiger partial charge in [-0.05, 0) is 38.7 Å². The van der Waals surface area contributed by atoms with E-state index in [-0.39, 0.29) is 35.4 Å². The fraction of sp³-hybridized carbons (Fsp3) is 0.565. The van der Waals surface area contributed by atoms with Gasteiger partial charge in [0.15, 0.2) is 5.56 Å². The molecule has 2 amide bonds. The number of carbonyl (C=O) groups excluding carboxylic acids is 2. The van der Waals surface area contributed by atoms with Gasteiger partial charge in [0.2, 0.25) is 11.8 Å². The lowest BCUT2D eigenvalue weighted by molar-refractivity contribution is -0.128. The second-order valence-corrected chi connectivity index (χ2v) is 9.41. The van der Waals surface area contributed by atoms with Gasteiger partial charge in [-0.2, -0.15) is 9.61 Å². The Bertz CT molecular complexity index is 1170. The van der Waals surface area contributed by atoms with Gasteiger partial charge >= 0.3 is 0 Å². The minimum atomic E-state index is -0.676. The van der Waals surface area contributed by atoms with Crippen LogP contribution in [0, 0.1) is 12.8 Å². The lowest BCUT2D eigenvalue weighted by Crippen LogP contribution is -2.51. The van der Waals surface area contributed by atoms with E-state index in [1.54, 1.807) is 22.5 Å². The number of aromatic hydroxyl groups is 1. The molecule has 1 saturated carbocycles. The summed E-state index contributed by atoms with van der Waals surface area (Å²) in [7, 11) is 0. The normalized spacial score (nSPS) is 19.1. The average molecular weight is 457 g/mol. The first-order valence-corrected chi connectivity index (χ1v) is 11.5. The number of nitrogens with zero attached hydrogens (tertiary/aromatic N) is 4. The molecule has 10 nitrogen and oxygen atoms in total. The highest BCUT2D eigenvalue weighted by molar-refractivity contribution is 5.97. The monoisotopic (exact) mass is 456 g/mol. The molecule has 0 aromatic carbocycles. The van der Waals surface area contributed by atoms with Gasteiger partial charge in [-0.25, -0.2) is 0 Å². The minimum Gasteiger partial charge on any atom is -0.494 e. The van der Waals surface area contributed by atoms with Crippen molar-refractivity contribution in [2.24, 2.45) is 5.92 Å². The number of amides is 2. The third-order valence-corrected chi connectivity index (χ3v) is 6.09. The van der Waals surface area contributed by atoms with Crippen molar-refractivity contribution in [3.8, 4) is 5.88 Å². The Kier molecular flexibility index (Phi) is 6.29. The molecule has 2 aromatic heterocycles. The standard InChI is InChI=1S/C23H32N6O4/c1-13(2)12-28-21-17(7-8-18(30)27-10-9-24-11-14(27)3)15(4)26-29(21)23(33)19(22(28)32)20(31)25-16-5-6-16/h7-8,13-14,16,24,32H,5-6,9-12H2,1-4H3,(H,25,31)/b8-7+/t14-/m0/s1. The van der Waals surface area contributed by atoms with E-state index in [9.17, 15) is 19.5 Å². The summed E-state index contributed by atoms with van der Waals surface area (Å²) < 4.78 is 2.71. The number of aromatic nitrogens is 3. The predicted molar refractivity (Wildman–Crippen MR) is 124 cm³/mol. The zero-order valence-electron chi connectivity index (χ0n) is 19.6. The van der Waals surface area contributed by atoms with Gasteiger partial charge in [0, 0.05) is 49.9 Å². The van der Waals surface area contributed by atoms with Gasteiger partial charge in [0.05, 0.1) is 5.69 Å². The van der Waals surface area contributed by atoms with E-state index in [0.29, 0.717) is 30.0 Å². The van der Waals surface area contributed by atoms with Crippen LogP contribution in [0.25, 0.3) is 11.7 Å². The number of hydrogen-bond acceptors (Lipinski definition) is 6. The van der Waals surface area contributed by atoms with Gasteiger partial charge in [-0.3, -0.25) is 19.0 Å². The van der Waals surface area contributed by atoms with Crippen molar-refractivity contribution in [2.45, 2.75) is 59.2 Å². The van der Waals surface area contributed by atoms with E-state index in [4.69, 9.17) is 0 Å². The largest absolute Gasteiger partial charge is 0.494 e. The van der Waals surface area contributed by atoms with E-state index in [2.05, 4.69) is 15.7 Å². The molecule has 1 saturated heterocycles. The van der Waals surface area contributed by atoms with E-state index < -0.39 is 11.5 Å². The second kappa shape index (κ2) is 9.01. The molecule has 0 radical (unpaired) electrons. The fourth-order valence-electron chi connectivity index (χ4n) is 4.20. The topological polar surface area (TPSA) is 121 Å². The Labute approximate surface area is 192 Å². The number of hydrogen-bond donors (Lipinski definition) is 3. The Morgan fingerprint density at radius 3 is 2.70 bits per heavy atom. The molecule has 2 fully saturated rings. The van der Waals surface area contributed by atoms with Crippen molar-refractivity contribution in [1.29, 1.82) is 0 Å². The maximum atomic E-state index is 13.2. The van der Waals surface area contributed by atoms with Crippen molar-refractivity contribution in [3.63, 3.8) is 0 Å². The quantitative estimate of drug-likeness (QED) is 0.555. The molecule has 33 heavy (non-hydrogen) atoms. The Balaban J connectivity index is 1.80. The van der Waals surface area contributed by atoms with Crippen LogP contribution in [0.5, 0.6) is 5.88 Å². The molecule has 1 atom stereocenters. The number of fused-ring (bicyclic) bond motifs is 1. The molecule has 2 aromatic rings. The van der Waals surface area contributed by atoms with E-state index in [0.717, 1.165) is 30.4 Å². The van der Waals surface area contributed by atoms with E-state index in [1.807, 2.05) is 20.8 Å². The van der Waals surface area contributed by atoms with E-state index in [1.165, 1.54) is 6.08 Å². The molecule has 1 aliphatic carbocycles. The Morgan fingerprint density at radius 1 is 1.33 bits per heavy atom. The third kappa shape index (κ3) is 4.52. The first-order chi connectivity index (χ1) is 15.7. The SMILES string of the molecule is Cc1nn2c(=O)c(C(=O)NC3CC3)c(O)n(CC(C)C)c2c1/C=C/C(=O)N1CCNC[C@@H]1C. The summed E-state index contributed by atoms with van der Waals surface area (Å²) in [5.41, 5.74) is 0.475. The highest BCUT2D eigenvalue weighted by atomic mass is 16.3. The number of nitrogens with one attached hydrogen (secondary N) is 2. The molecular weight excluding hydrogens is 424 g/mol. The van der Waals surface area contributed by atoms with Gasteiger partial charge in [0.1, 0.15) is 5.65 Å². The van der Waals surface area contributed by atoms with Gasteiger partial charge in [-0.15, -0.1) is 0 Å². The number of carbonyl (C=O) groups is 2. The molecule has 0 bridgehead atoms. The molecule has 2 aliphatic rings. The molecular formula is C23H32N6O4. The number of piperazine rings is 1. The summed E-state index contributed by atoms with van der Waals surface area (Å²) in [6, 6.07) is 0.124. The molecule has 178 valence electrons. The fourth-order valence-corrected chi connectivity index (χ4v) is 4.20. The molecule has 4 rings (SSSR count). The van der Waals surface area contributed by atoms with Gasteiger partial charge in [0.25, 0.3) is 11.5 Å². The van der Waals surface area contributed by atoms with Crippen molar-refractivity contribution in [1.82, 2.24) is 29.7 Å². The highest BCUT2D eigenvalue weighted by Gasteiger charge is 2.30. The van der Waals surface area contributed by atoms with Crippen molar-refractivity contribution < 1.29 is 14.7 Å². The number of aryl methyl sites for hydroxylation is 1. The van der Waals surface area contributed by atoms with Crippen LogP contribution >= 0.6 is 0 Å². The molecule has 0 spiro atoms. The smallest absolute Gasteiger partial charge is 0.291 e. The Morgan fingerprint density at radius 2 is 2.06 bits per heavy atom. The zero-order chi connectivity index (χ0) is 23.9. The molecule has 1 aliphatic heterocycles.